The van der Waals surface area contributed by atoms with Gasteiger partial charge in [0.25, 0.3) is 0 Å². The summed E-state index contributed by atoms with van der Waals surface area (Å²) in [6, 6.07) is 81.5. The lowest BCUT2D eigenvalue weighted by Crippen LogP contribution is -2.10. The molecule has 0 N–H and O–H groups in total. The SMILES string of the molecule is c1ccc(-c2ccc(N(c3ccccc3)c3ccc(-c4ccc5cccc(-c6ccccc6)c5c4)cc3)cc2-c2ccc3ccc4ccccc4c3c2)cc1. The molecule has 0 saturated heterocycles. The first-order chi connectivity index (χ1) is 27.3. The predicted molar refractivity (Wildman–Crippen MR) is 235 cm³/mol. The van der Waals surface area contributed by atoms with Gasteiger partial charge >= 0.3 is 0 Å². The first-order valence-corrected chi connectivity index (χ1v) is 18.9. The summed E-state index contributed by atoms with van der Waals surface area (Å²) in [5.41, 5.74) is 13.0. The highest BCUT2D eigenvalue weighted by Crippen LogP contribution is 2.42. The number of para-hydroxylation sites is 1. The summed E-state index contributed by atoms with van der Waals surface area (Å²) in [7, 11) is 0. The van der Waals surface area contributed by atoms with Crippen molar-refractivity contribution in [1.29, 1.82) is 0 Å². The van der Waals surface area contributed by atoms with Gasteiger partial charge in [-0.15, -0.1) is 0 Å². The zero-order valence-electron chi connectivity index (χ0n) is 30.3. The molecule has 0 atom stereocenters. The van der Waals surface area contributed by atoms with Gasteiger partial charge in [0, 0.05) is 17.1 Å². The number of nitrogens with zero attached hydrogens (tertiary/aromatic N) is 1. The normalized spacial score (nSPS) is 11.3. The van der Waals surface area contributed by atoms with Gasteiger partial charge in [0.15, 0.2) is 0 Å². The molecule has 0 amide bonds. The second-order valence-corrected chi connectivity index (χ2v) is 14.1. The minimum Gasteiger partial charge on any atom is -0.310 e. The Hall–Kier alpha value is -7.22. The van der Waals surface area contributed by atoms with E-state index >= 15 is 0 Å². The Morgan fingerprint density at radius 1 is 0.218 bits per heavy atom. The topological polar surface area (TPSA) is 3.24 Å². The molecule has 0 saturated carbocycles. The summed E-state index contributed by atoms with van der Waals surface area (Å²) in [4.78, 5) is 2.37. The van der Waals surface area contributed by atoms with Crippen LogP contribution in [0, 0.1) is 0 Å². The maximum absolute atomic E-state index is 2.37. The molecule has 10 aromatic rings. The highest BCUT2D eigenvalue weighted by molar-refractivity contribution is 6.09. The second-order valence-electron chi connectivity index (χ2n) is 14.1. The van der Waals surface area contributed by atoms with Gasteiger partial charge in [0.1, 0.15) is 0 Å². The molecule has 0 aromatic heterocycles. The summed E-state index contributed by atoms with van der Waals surface area (Å²) in [6.45, 7) is 0. The molecule has 1 nitrogen and oxygen atoms in total. The van der Waals surface area contributed by atoms with E-state index in [-0.39, 0.29) is 0 Å². The monoisotopic (exact) mass is 699 g/mol. The fourth-order valence-electron chi connectivity index (χ4n) is 8.10. The van der Waals surface area contributed by atoms with Crippen LogP contribution in [-0.4, -0.2) is 0 Å². The Kier molecular flexibility index (Phi) is 8.24. The van der Waals surface area contributed by atoms with Crippen molar-refractivity contribution in [2.75, 3.05) is 4.90 Å². The van der Waals surface area contributed by atoms with Crippen LogP contribution in [-0.2, 0) is 0 Å². The quantitative estimate of drug-likeness (QED) is 0.150. The van der Waals surface area contributed by atoms with Crippen LogP contribution in [0.1, 0.15) is 0 Å². The van der Waals surface area contributed by atoms with Gasteiger partial charge in [-0.2, -0.15) is 0 Å². The summed E-state index contributed by atoms with van der Waals surface area (Å²) in [6.07, 6.45) is 0. The van der Waals surface area contributed by atoms with Crippen LogP contribution in [0.5, 0.6) is 0 Å². The zero-order chi connectivity index (χ0) is 36.6. The van der Waals surface area contributed by atoms with E-state index < -0.39 is 0 Å². The molecule has 0 bridgehead atoms. The molecule has 0 radical (unpaired) electrons. The molecule has 0 heterocycles. The van der Waals surface area contributed by atoms with Crippen molar-refractivity contribution in [1.82, 2.24) is 0 Å². The van der Waals surface area contributed by atoms with Gasteiger partial charge in [0.05, 0.1) is 0 Å². The van der Waals surface area contributed by atoms with Crippen molar-refractivity contribution in [2.24, 2.45) is 0 Å². The minimum atomic E-state index is 1.10. The zero-order valence-corrected chi connectivity index (χ0v) is 30.3. The summed E-state index contributed by atoms with van der Waals surface area (Å²) in [5, 5.41) is 7.53. The van der Waals surface area contributed by atoms with Crippen LogP contribution < -0.4 is 4.90 Å². The highest BCUT2D eigenvalue weighted by Gasteiger charge is 2.17. The predicted octanol–water partition coefficient (Wildman–Crippen LogP) is 15.3. The van der Waals surface area contributed by atoms with E-state index in [1.54, 1.807) is 0 Å². The molecule has 10 aromatic carbocycles. The summed E-state index contributed by atoms with van der Waals surface area (Å²) >= 11 is 0. The van der Waals surface area contributed by atoms with E-state index in [0.29, 0.717) is 0 Å². The molecule has 0 fully saturated rings. The van der Waals surface area contributed by atoms with Gasteiger partial charge in [-0.3, -0.25) is 0 Å². The number of fused-ring (bicyclic) bond motifs is 4. The molecule has 1 heteroatoms. The maximum atomic E-state index is 2.37. The van der Waals surface area contributed by atoms with Crippen LogP contribution in [0.25, 0.3) is 76.8 Å². The van der Waals surface area contributed by atoms with Gasteiger partial charge in [-0.1, -0.05) is 176 Å². The lowest BCUT2D eigenvalue weighted by atomic mass is 9.91. The maximum Gasteiger partial charge on any atom is 0.0468 e. The summed E-state index contributed by atoms with van der Waals surface area (Å²) in [5.74, 6) is 0. The van der Waals surface area contributed by atoms with Crippen molar-refractivity contribution in [3.8, 4) is 44.5 Å². The number of hydrogen-bond acceptors (Lipinski definition) is 1. The van der Waals surface area contributed by atoms with Crippen LogP contribution in [0.3, 0.4) is 0 Å². The molecule has 258 valence electrons. The molecule has 0 aliphatic carbocycles. The second kappa shape index (κ2) is 14.0. The van der Waals surface area contributed by atoms with E-state index in [1.807, 2.05) is 0 Å². The van der Waals surface area contributed by atoms with E-state index in [2.05, 4.69) is 229 Å². The summed E-state index contributed by atoms with van der Waals surface area (Å²) < 4.78 is 0. The number of anilines is 3. The standard InChI is InChI=1S/C54H37N/c1-4-13-39(14-5-1)50-22-12-18-42-25-27-44(35-52(42)50)38-29-31-47(32-30-38)55(46-19-8-3-9-20-46)48-33-34-51(40-15-6-2-7-16-40)54(37-48)45-28-26-43-24-23-41-17-10-11-21-49(41)53(43)36-45/h1-37H. The van der Waals surface area contributed by atoms with Crippen molar-refractivity contribution in [2.45, 2.75) is 0 Å². The third kappa shape index (κ3) is 6.12. The van der Waals surface area contributed by atoms with Crippen LogP contribution >= 0.6 is 0 Å². The van der Waals surface area contributed by atoms with Crippen molar-refractivity contribution < 1.29 is 0 Å². The van der Waals surface area contributed by atoms with Crippen molar-refractivity contribution in [3.63, 3.8) is 0 Å². The fourth-order valence-corrected chi connectivity index (χ4v) is 8.10. The Morgan fingerprint density at radius 2 is 0.727 bits per heavy atom. The Morgan fingerprint density at radius 3 is 1.47 bits per heavy atom. The molecule has 0 spiro atoms. The smallest absolute Gasteiger partial charge is 0.0468 e. The van der Waals surface area contributed by atoms with Crippen molar-refractivity contribution >= 4 is 49.4 Å². The van der Waals surface area contributed by atoms with Gasteiger partial charge in [0.2, 0.25) is 0 Å². The minimum absolute atomic E-state index is 1.10. The number of rotatable bonds is 7. The largest absolute Gasteiger partial charge is 0.310 e. The average molecular weight is 700 g/mol. The van der Waals surface area contributed by atoms with E-state index in [0.717, 1.165) is 17.1 Å². The van der Waals surface area contributed by atoms with E-state index in [4.69, 9.17) is 0 Å². The van der Waals surface area contributed by atoms with Crippen molar-refractivity contribution in [3.05, 3.63) is 224 Å². The molecule has 0 aliphatic rings. The molecule has 0 aliphatic heterocycles. The first-order valence-electron chi connectivity index (χ1n) is 18.9. The third-order valence-corrected chi connectivity index (χ3v) is 10.8. The molecule has 55 heavy (non-hydrogen) atoms. The van der Waals surface area contributed by atoms with Gasteiger partial charge < -0.3 is 4.90 Å². The van der Waals surface area contributed by atoms with Crippen LogP contribution in [0.2, 0.25) is 0 Å². The van der Waals surface area contributed by atoms with E-state index in [1.165, 1.54) is 76.8 Å². The third-order valence-electron chi connectivity index (χ3n) is 10.8. The fraction of sp³-hybridized carbons (Fsp3) is 0. The van der Waals surface area contributed by atoms with Gasteiger partial charge in [-0.05, 0) is 125 Å². The lowest BCUT2D eigenvalue weighted by Gasteiger charge is -2.27. The molecule has 0 unspecified atom stereocenters. The molecular weight excluding hydrogens is 663 g/mol. The highest BCUT2D eigenvalue weighted by atomic mass is 15.1. The Bertz CT molecular complexity index is 2950. The van der Waals surface area contributed by atoms with Crippen LogP contribution in [0.4, 0.5) is 17.1 Å². The molecule has 10 rings (SSSR count). The Balaban J connectivity index is 1.10. The number of hydrogen-bond donors (Lipinski definition) is 0. The van der Waals surface area contributed by atoms with Crippen LogP contribution in [0.15, 0.2) is 224 Å². The average Bonchev–Trinajstić information content (AvgIpc) is 3.27. The lowest BCUT2D eigenvalue weighted by molar-refractivity contribution is 1.28. The first kappa shape index (κ1) is 32.4. The molecular formula is C54H37N. The number of benzene rings is 10. The Labute approximate surface area is 322 Å². The van der Waals surface area contributed by atoms with Gasteiger partial charge in [-0.25, -0.2) is 0 Å². The van der Waals surface area contributed by atoms with E-state index in [9.17, 15) is 0 Å².